The smallest absolute Gasteiger partial charge is 0.117 e. The standard InChI is InChI=1S/C14H20N2O2S/c1-11-4-6-19-14(11)10-16(8-12(17)7-15)9-13-3-2-5-18-13/h2-6,12,17H,7-10,15H2,1H3. The number of thiophene rings is 1. The van der Waals surface area contributed by atoms with Gasteiger partial charge >= 0.3 is 0 Å². The third-order valence-corrected chi connectivity index (χ3v) is 4.04. The lowest BCUT2D eigenvalue weighted by Crippen LogP contribution is -2.35. The van der Waals surface area contributed by atoms with Gasteiger partial charge in [-0.3, -0.25) is 4.90 Å². The highest BCUT2D eigenvalue weighted by molar-refractivity contribution is 7.10. The molecule has 3 N–H and O–H groups in total. The summed E-state index contributed by atoms with van der Waals surface area (Å²) in [6, 6.07) is 5.94. The molecule has 104 valence electrons. The Kier molecular flexibility index (Phi) is 5.15. The van der Waals surface area contributed by atoms with Crippen LogP contribution >= 0.6 is 11.3 Å². The second-order valence-corrected chi connectivity index (χ2v) is 5.67. The van der Waals surface area contributed by atoms with Crippen LogP contribution in [0.15, 0.2) is 34.3 Å². The summed E-state index contributed by atoms with van der Waals surface area (Å²) in [4.78, 5) is 3.48. The number of rotatable bonds is 7. The van der Waals surface area contributed by atoms with Crippen molar-refractivity contribution in [2.45, 2.75) is 26.1 Å². The van der Waals surface area contributed by atoms with E-state index in [1.54, 1.807) is 17.6 Å². The normalized spacial score (nSPS) is 13.1. The molecule has 2 aromatic rings. The molecule has 5 heteroatoms. The van der Waals surface area contributed by atoms with E-state index in [1.807, 2.05) is 12.1 Å². The van der Waals surface area contributed by atoms with Gasteiger partial charge in [0, 0.05) is 24.5 Å². The van der Waals surface area contributed by atoms with Gasteiger partial charge < -0.3 is 15.3 Å². The van der Waals surface area contributed by atoms with E-state index in [4.69, 9.17) is 10.2 Å². The summed E-state index contributed by atoms with van der Waals surface area (Å²) in [5.74, 6) is 0.901. The van der Waals surface area contributed by atoms with Crippen LogP contribution < -0.4 is 5.73 Å². The van der Waals surface area contributed by atoms with Crippen molar-refractivity contribution in [3.63, 3.8) is 0 Å². The first-order valence-electron chi connectivity index (χ1n) is 6.35. The van der Waals surface area contributed by atoms with Crippen LogP contribution in [-0.4, -0.2) is 29.2 Å². The van der Waals surface area contributed by atoms with Gasteiger partial charge in [-0.05, 0) is 36.1 Å². The molecule has 0 saturated carbocycles. The van der Waals surface area contributed by atoms with Crippen molar-refractivity contribution in [1.82, 2.24) is 4.90 Å². The van der Waals surface area contributed by atoms with Crippen LogP contribution in [0.5, 0.6) is 0 Å². The number of aliphatic hydroxyl groups excluding tert-OH is 1. The Labute approximate surface area is 117 Å². The lowest BCUT2D eigenvalue weighted by Gasteiger charge is -2.23. The number of nitrogens with two attached hydrogens (primary N) is 1. The van der Waals surface area contributed by atoms with Crippen LogP contribution in [0, 0.1) is 6.92 Å². The molecule has 1 atom stereocenters. The van der Waals surface area contributed by atoms with Crippen molar-refractivity contribution in [3.8, 4) is 0 Å². The lowest BCUT2D eigenvalue weighted by molar-refractivity contribution is 0.106. The summed E-state index contributed by atoms with van der Waals surface area (Å²) in [7, 11) is 0. The second kappa shape index (κ2) is 6.86. The van der Waals surface area contributed by atoms with Gasteiger partial charge in [0.2, 0.25) is 0 Å². The summed E-state index contributed by atoms with van der Waals surface area (Å²) in [6.07, 6.45) is 1.17. The fraction of sp³-hybridized carbons (Fsp3) is 0.429. The molecule has 0 bridgehead atoms. The van der Waals surface area contributed by atoms with Crippen molar-refractivity contribution in [2.24, 2.45) is 5.73 Å². The molecule has 0 aromatic carbocycles. The van der Waals surface area contributed by atoms with E-state index in [0.717, 1.165) is 12.3 Å². The third kappa shape index (κ3) is 4.18. The minimum absolute atomic E-state index is 0.276. The van der Waals surface area contributed by atoms with Crippen LogP contribution in [-0.2, 0) is 13.1 Å². The van der Waals surface area contributed by atoms with E-state index < -0.39 is 6.10 Å². The zero-order chi connectivity index (χ0) is 13.7. The van der Waals surface area contributed by atoms with Gasteiger partial charge in [0.05, 0.1) is 18.9 Å². The van der Waals surface area contributed by atoms with Gasteiger partial charge in [0.15, 0.2) is 0 Å². The van der Waals surface area contributed by atoms with Gasteiger partial charge in [0.25, 0.3) is 0 Å². The maximum absolute atomic E-state index is 9.76. The Morgan fingerprint density at radius 2 is 2.26 bits per heavy atom. The molecular formula is C14H20N2O2S. The van der Waals surface area contributed by atoms with Crippen LogP contribution in [0.2, 0.25) is 0 Å². The summed E-state index contributed by atoms with van der Waals surface area (Å²) in [6.45, 7) is 4.42. The van der Waals surface area contributed by atoms with Gasteiger partial charge in [-0.15, -0.1) is 11.3 Å². The predicted molar refractivity (Wildman–Crippen MR) is 76.9 cm³/mol. The number of hydrogen-bond donors (Lipinski definition) is 2. The number of aryl methyl sites for hydroxylation is 1. The quantitative estimate of drug-likeness (QED) is 0.814. The summed E-state index contributed by atoms with van der Waals surface area (Å²) >= 11 is 1.74. The zero-order valence-corrected chi connectivity index (χ0v) is 11.9. The van der Waals surface area contributed by atoms with E-state index in [0.29, 0.717) is 13.1 Å². The molecule has 2 heterocycles. The average molecular weight is 280 g/mol. The monoisotopic (exact) mass is 280 g/mol. The van der Waals surface area contributed by atoms with Crippen LogP contribution in [0.4, 0.5) is 0 Å². The molecule has 0 saturated heterocycles. The van der Waals surface area contributed by atoms with Crippen molar-refractivity contribution < 1.29 is 9.52 Å². The molecule has 1 unspecified atom stereocenters. The molecule has 4 nitrogen and oxygen atoms in total. The van der Waals surface area contributed by atoms with Crippen LogP contribution in [0.25, 0.3) is 0 Å². The maximum Gasteiger partial charge on any atom is 0.117 e. The maximum atomic E-state index is 9.76. The Morgan fingerprint density at radius 3 is 2.84 bits per heavy atom. The fourth-order valence-electron chi connectivity index (χ4n) is 1.95. The summed E-state index contributed by atoms with van der Waals surface area (Å²) in [5.41, 5.74) is 6.79. The molecule has 19 heavy (non-hydrogen) atoms. The van der Waals surface area contributed by atoms with Crippen molar-refractivity contribution in [1.29, 1.82) is 0 Å². The van der Waals surface area contributed by atoms with Crippen molar-refractivity contribution in [2.75, 3.05) is 13.1 Å². The number of hydrogen-bond acceptors (Lipinski definition) is 5. The Morgan fingerprint density at radius 1 is 1.42 bits per heavy atom. The first kappa shape index (κ1) is 14.3. The number of aliphatic hydroxyl groups is 1. The highest BCUT2D eigenvalue weighted by Crippen LogP contribution is 2.19. The fourth-order valence-corrected chi connectivity index (χ4v) is 2.90. The number of furan rings is 1. The number of nitrogens with zero attached hydrogens (tertiary/aromatic N) is 1. The molecule has 0 aliphatic heterocycles. The Hall–Kier alpha value is -1.14. The largest absolute Gasteiger partial charge is 0.468 e. The van der Waals surface area contributed by atoms with Crippen LogP contribution in [0.1, 0.15) is 16.2 Å². The molecule has 0 spiro atoms. The SMILES string of the molecule is Cc1ccsc1CN(Cc1ccco1)CC(O)CN. The van der Waals surface area contributed by atoms with E-state index in [1.165, 1.54) is 10.4 Å². The Balaban J connectivity index is 2.03. The molecule has 0 radical (unpaired) electrons. The van der Waals surface area contributed by atoms with E-state index in [2.05, 4.69) is 23.3 Å². The molecule has 0 aliphatic rings. The zero-order valence-electron chi connectivity index (χ0n) is 11.1. The van der Waals surface area contributed by atoms with Crippen molar-refractivity contribution >= 4 is 11.3 Å². The summed E-state index contributed by atoms with van der Waals surface area (Å²) in [5, 5.41) is 11.9. The molecular weight excluding hydrogens is 260 g/mol. The lowest BCUT2D eigenvalue weighted by atomic mass is 10.2. The van der Waals surface area contributed by atoms with Crippen molar-refractivity contribution in [3.05, 3.63) is 46.0 Å². The highest BCUT2D eigenvalue weighted by atomic mass is 32.1. The first-order chi connectivity index (χ1) is 9.19. The van der Waals surface area contributed by atoms with Crippen LogP contribution in [0.3, 0.4) is 0 Å². The van der Waals surface area contributed by atoms with Gasteiger partial charge in [-0.1, -0.05) is 0 Å². The van der Waals surface area contributed by atoms with Gasteiger partial charge in [-0.2, -0.15) is 0 Å². The molecule has 0 amide bonds. The van der Waals surface area contributed by atoms with Gasteiger partial charge in [0.1, 0.15) is 5.76 Å². The molecule has 2 aromatic heterocycles. The molecule has 0 aliphatic carbocycles. The first-order valence-corrected chi connectivity index (χ1v) is 7.23. The van der Waals surface area contributed by atoms with E-state index in [-0.39, 0.29) is 6.54 Å². The molecule has 0 fully saturated rings. The molecule has 2 rings (SSSR count). The van der Waals surface area contributed by atoms with E-state index in [9.17, 15) is 5.11 Å². The topological polar surface area (TPSA) is 62.6 Å². The minimum Gasteiger partial charge on any atom is -0.468 e. The summed E-state index contributed by atoms with van der Waals surface area (Å²) < 4.78 is 5.38. The second-order valence-electron chi connectivity index (χ2n) is 4.67. The highest BCUT2D eigenvalue weighted by Gasteiger charge is 2.14. The minimum atomic E-state index is -0.504. The Bertz CT molecular complexity index is 481. The predicted octanol–water partition coefficient (Wildman–Crippen LogP) is 1.97. The van der Waals surface area contributed by atoms with E-state index >= 15 is 0 Å². The average Bonchev–Trinajstić information content (AvgIpc) is 3.02. The van der Waals surface area contributed by atoms with Gasteiger partial charge in [-0.25, -0.2) is 0 Å². The third-order valence-electron chi connectivity index (χ3n) is 3.04.